The molecule has 182 valence electrons. The zero-order chi connectivity index (χ0) is 24.3. The minimum atomic E-state index is -1.16. The van der Waals surface area contributed by atoms with Gasteiger partial charge in [0.05, 0.1) is 17.2 Å². The normalized spacial score (nSPS) is 23.1. The standard InChI is InChI=1S/C27H28FN3O4/c1-15-9-19(3-4-21(15)28)31-23-10-17-14-29-30-22(17)11-20(23)24(25(31)16-5-7-35-8-6-16)18-12-27(13-18,34-2)26(32)33/h3-4,9-11,14,16,18H,5-8,12-13H2,1-2H3,(H,29,30)(H,32,33). The Kier molecular flexibility index (Phi) is 5.19. The van der Waals surface area contributed by atoms with Crippen LogP contribution in [0.5, 0.6) is 0 Å². The number of benzene rings is 2. The fourth-order valence-corrected chi connectivity index (χ4v) is 5.99. The molecule has 1 aliphatic carbocycles. The molecule has 0 atom stereocenters. The zero-order valence-corrected chi connectivity index (χ0v) is 19.8. The summed E-state index contributed by atoms with van der Waals surface area (Å²) < 4.78 is 27.7. The van der Waals surface area contributed by atoms with Gasteiger partial charge in [-0.1, -0.05) is 0 Å². The number of ether oxygens (including phenoxy) is 2. The first-order valence-electron chi connectivity index (χ1n) is 12.1. The third kappa shape index (κ3) is 3.38. The number of rotatable bonds is 5. The van der Waals surface area contributed by atoms with Crippen molar-refractivity contribution in [3.63, 3.8) is 0 Å². The van der Waals surface area contributed by atoms with Gasteiger partial charge in [-0.05, 0) is 80.0 Å². The van der Waals surface area contributed by atoms with E-state index in [1.54, 1.807) is 13.1 Å². The third-order valence-electron chi connectivity index (χ3n) is 7.95. The number of aryl methyl sites for hydroxylation is 1. The van der Waals surface area contributed by atoms with Crippen LogP contribution in [-0.2, 0) is 14.3 Å². The van der Waals surface area contributed by atoms with Gasteiger partial charge in [-0.25, -0.2) is 9.18 Å². The highest BCUT2D eigenvalue weighted by molar-refractivity contribution is 5.99. The second-order valence-electron chi connectivity index (χ2n) is 9.89. The van der Waals surface area contributed by atoms with Crippen molar-refractivity contribution < 1.29 is 23.8 Å². The Morgan fingerprint density at radius 3 is 2.69 bits per heavy atom. The monoisotopic (exact) mass is 477 g/mol. The van der Waals surface area contributed by atoms with Crippen LogP contribution in [0.3, 0.4) is 0 Å². The van der Waals surface area contributed by atoms with Crippen LogP contribution in [0.15, 0.2) is 36.5 Å². The molecule has 35 heavy (non-hydrogen) atoms. The van der Waals surface area contributed by atoms with Crippen LogP contribution in [0, 0.1) is 12.7 Å². The van der Waals surface area contributed by atoms with Crippen molar-refractivity contribution in [3.05, 3.63) is 59.2 Å². The number of hydrogen-bond donors (Lipinski definition) is 2. The lowest BCUT2D eigenvalue weighted by atomic mass is 9.66. The topological polar surface area (TPSA) is 89.4 Å². The molecule has 2 N–H and O–H groups in total. The summed E-state index contributed by atoms with van der Waals surface area (Å²) in [6.45, 7) is 3.14. The van der Waals surface area contributed by atoms with Gasteiger partial charge in [-0.3, -0.25) is 5.10 Å². The summed E-state index contributed by atoms with van der Waals surface area (Å²) in [5.74, 6) is -0.872. The molecule has 3 heterocycles. The van der Waals surface area contributed by atoms with E-state index in [1.165, 1.54) is 24.4 Å². The van der Waals surface area contributed by atoms with Crippen molar-refractivity contribution in [2.45, 2.75) is 50.0 Å². The van der Waals surface area contributed by atoms with Gasteiger partial charge in [-0.2, -0.15) is 5.10 Å². The van der Waals surface area contributed by atoms with E-state index in [0.29, 0.717) is 31.6 Å². The Hall–Kier alpha value is -3.23. The highest BCUT2D eigenvalue weighted by atomic mass is 19.1. The SMILES string of the molecule is COC1(C(=O)O)CC(c2c(C3CCOCC3)n(-c3ccc(F)c(C)c3)c3cc4cn[nH]c4cc23)C1. The lowest BCUT2D eigenvalue weighted by Gasteiger charge is -2.44. The maximum absolute atomic E-state index is 14.2. The number of nitrogens with one attached hydrogen (secondary N) is 1. The quantitative estimate of drug-likeness (QED) is 0.413. The van der Waals surface area contributed by atoms with Crippen LogP contribution in [0.4, 0.5) is 4.39 Å². The number of aromatic nitrogens is 3. The fraction of sp³-hybridized carbons (Fsp3) is 0.407. The fourth-order valence-electron chi connectivity index (χ4n) is 5.99. The van der Waals surface area contributed by atoms with E-state index in [1.807, 2.05) is 12.1 Å². The van der Waals surface area contributed by atoms with Crippen LogP contribution in [0.25, 0.3) is 27.5 Å². The number of carboxylic acids is 1. The van der Waals surface area contributed by atoms with Crippen molar-refractivity contribution in [1.29, 1.82) is 0 Å². The van der Waals surface area contributed by atoms with Crippen LogP contribution in [0.2, 0.25) is 0 Å². The largest absolute Gasteiger partial charge is 0.479 e. The summed E-state index contributed by atoms with van der Waals surface area (Å²) in [4.78, 5) is 12.0. The molecule has 4 aromatic rings. The number of hydrogen-bond acceptors (Lipinski definition) is 4. The summed E-state index contributed by atoms with van der Waals surface area (Å²) in [6, 6.07) is 9.47. The zero-order valence-electron chi connectivity index (χ0n) is 19.8. The molecule has 2 aromatic heterocycles. The molecule has 2 fully saturated rings. The van der Waals surface area contributed by atoms with E-state index < -0.39 is 11.6 Å². The van der Waals surface area contributed by atoms with Gasteiger partial charge >= 0.3 is 5.97 Å². The van der Waals surface area contributed by atoms with Crippen molar-refractivity contribution in [1.82, 2.24) is 14.8 Å². The predicted octanol–water partition coefficient (Wildman–Crippen LogP) is 5.20. The molecule has 8 heteroatoms. The smallest absolute Gasteiger partial charge is 0.335 e. The summed E-state index contributed by atoms with van der Waals surface area (Å²) in [5.41, 5.74) is 4.62. The van der Waals surface area contributed by atoms with E-state index in [0.717, 1.165) is 40.3 Å². The van der Waals surface area contributed by atoms with Crippen molar-refractivity contribution >= 4 is 27.8 Å². The molecule has 1 saturated heterocycles. The Morgan fingerprint density at radius 1 is 1.23 bits per heavy atom. The second kappa shape index (κ2) is 8.17. The molecule has 0 amide bonds. The maximum Gasteiger partial charge on any atom is 0.335 e. The van der Waals surface area contributed by atoms with Gasteiger partial charge in [0.15, 0.2) is 5.60 Å². The van der Waals surface area contributed by atoms with E-state index in [2.05, 4.69) is 26.9 Å². The first-order valence-corrected chi connectivity index (χ1v) is 12.1. The van der Waals surface area contributed by atoms with E-state index in [4.69, 9.17) is 9.47 Å². The number of nitrogens with zero attached hydrogens (tertiary/aromatic N) is 2. The van der Waals surface area contributed by atoms with Gasteiger partial charge in [0.25, 0.3) is 0 Å². The summed E-state index contributed by atoms with van der Waals surface area (Å²) in [7, 11) is 1.47. The molecule has 0 bridgehead atoms. The highest BCUT2D eigenvalue weighted by Gasteiger charge is 2.53. The molecule has 2 aromatic carbocycles. The van der Waals surface area contributed by atoms with Crippen molar-refractivity contribution in [2.75, 3.05) is 20.3 Å². The molecular formula is C27H28FN3O4. The Balaban J connectivity index is 1.64. The number of H-pyrrole nitrogens is 1. The average molecular weight is 478 g/mol. The molecule has 0 spiro atoms. The van der Waals surface area contributed by atoms with Gasteiger partial charge in [0.1, 0.15) is 5.82 Å². The van der Waals surface area contributed by atoms with Gasteiger partial charge in [0, 0.05) is 48.4 Å². The van der Waals surface area contributed by atoms with Gasteiger partial charge < -0.3 is 19.1 Å². The third-order valence-corrected chi connectivity index (χ3v) is 7.95. The molecule has 7 nitrogen and oxygen atoms in total. The summed E-state index contributed by atoms with van der Waals surface area (Å²) in [5, 5.41) is 19.2. The molecule has 6 rings (SSSR count). The summed E-state index contributed by atoms with van der Waals surface area (Å²) in [6.07, 6.45) is 4.39. The molecule has 1 aliphatic heterocycles. The average Bonchev–Trinajstić information content (AvgIpc) is 3.41. The molecule has 2 aliphatic rings. The van der Waals surface area contributed by atoms with Crippen LogP contribution < -0.4 is 0 Å². The van der Waals surface area contributed by atoms with E-state index in [-0.39, 0.29) is 17.7 Å². The van der Waals surface area contributed by atoms with E-state index >= 15 is 0 Å². The van der Waals surface area contributed by atoms with Crippen LogP contribution in [-0.4, -0.2) is 51.8 Å². The minimum absolute atomic E-state index is 0.0366. The summed E-state index contributed by atoms with van der Waals surface area (Å²) >= 11 is 0. The first kappa shape index (κ1) is 22.2. The Bertz CT molecular complexity index is 1440. The Labute approximate surface area is 201 Å². The number of methoxy groups -OCH3 is 1. The highest BCUT2D eigenvalue weighted by Crippen LogP contribution is 2.53. The minimum Gasteiger partial charge on any atom is -0.479 e. The Morgan fingerprint density at radius 2 is 2.00 bits per heavy atom. The van der Waals surface area contributed by atoms with Crippen LogP contribution >= 0.6 is 0 Å². The number of aliphatic carboxylic acids is 1. The number of aromatic amines is 1. The predicted molar refractivity (Wildman–Crippen MR) is 130 cm³/mol. The maximum atomic E-state index is 14.2. The molecule has 0 unspecified atom stereocenters. The first-order chi connectivity index (χ1) is 16.9. The molecular weight excluding hydrogens is 449 g/mol. The number of carbonyl (C=O) groups is 1. The van der Waals surface area contributed by atoms with E-state index in [9.17, 15) is 14.3 Å². The lowest BCUT2D eigenvalue weighted by molar-refractivity contribution is -0.175. The second-order valence-corrected chi connectivity index (χ2v) is 9.89. The number of halogens is 1. The van der Waals surface area contributed by atoms with Crippen molar-refractivity contribution in [2.24, 2.45) is 0 Å². The van der Waals surface area contributed by atoms with Crippen LogP contribution in [0.1, 0.15) is 54.3 Å². The van der Waals surface area contributed by atoms with Gasteiger partial charge in [0.2, 0.25) is 0 Å². The van der Waals surface area contributed by atoms with Crippen molar-refractivity contribution in [3.8, 4) is 5.69 Å². The lowest BCUT2D eigenvalue weighted by Crippen LogP contribution is -2.51. The number of carboxylic acid groups (broad SMARTS) is 1. The van der Waals surface area contributed by atoms with Gasteiger partial charge in [-0.15, -0.1) is 0 Å². The molecule has 0 radical (unpaired) electrons. The molecule has 1 saturated carbocycles. The number of fused-ring (bicyclic) bond motifs is 2.